The Bertz CT molecular complexity index is 473. The first-order valence-corrected chi connectivity index (χ1v) is 5.29. The third-order valence-corrected chi connectivity index (χ3v) is 2.69. The quantitative estimate of drug-likeness (QED) is 0.589. The SMILES string of the molecule is NC(=O)c1cccc(N)c1N1CCNC(=O)C1. The summed E-state index contributed by atoms with van der Waals surface area (Å²) in [5.41, 5.74) is 12.5. The first kappa shape index (κ1) is 11.3. The van der Waals surface area contributed by atoms with Gasteiger partial charge in [-0.3, -0.25) is 9.59 Å². The number of hydrogen-bond donors (Lipinski definition) is 3. The van der Waals surface area contributed by atoms with Crippen LogP contribution in [0.3, 0.4) is 0 Å². The largest absolute Gasteiger partial charge is 0.397 e. The number of para-hydroxylation sites is 1. The first-order valence-electron chi connectivity index (χ1n) is 5.29. The molecule has 2 rings (SSSR count). The Kier molecular flexibility index (Phi) is 2.86. The predicted octanol–water partition coefficient (Wildman–Crippen LogP) is -0.696. The van der Waals surface area contributed by atoms with Crippen LogP contribution < -0.4 is 21.7 Å². The van der Waals surface area contributed by atoms with Gasteiger partial charge < -0.3 is 21.7 Å². The number of carbonyl (C=O) groups is 2. The van der Waals surface area contributed by atoms with E-state index in [-0.39, 0.29) is 12.5 Å². The van der Waals surface area contributed by atoms with Gasteiger partial charge in [-0.2, -0.15) is 0 Å². The number of nitrogen functional groups attached to an aromatic ring is 1. The van der Waals surface area contributed by atoms with Gasteiger partial charge in [0.2, 0.25) is 5.91 Å². The predicted molar refractivity (Wildman–Crippen MR) is 64.6 cm³/mol. The number of hydrogen-bond acceptors (Lipinski definition) is 4. The Morgan fingerprint density at radius 2 is 2.18 bits per heavy atom. The maximum Gasteiger partial charge on any atom is 0.250 e. The van der Waals surface area contributed by atoms with Crippen LogP contribution in [0.1, 0.15) is 10.4 Å². The van der Waals surface area contributed by atoms with Gasteiger partial charge in [-0.15, -0.1) is 0 Å². The molecule has 0 saturated carbocycles. The molecule has 1 fully saturated rings. The Balaban J connectivity index is 2.42. The zero-order chi connectivity index (χ0) is 12.4. The van der Waals surface area contributed by atoms with E-state index in [1.165, 1.54) is 0 Å². The molecule has 1 aliphatic heterocycles. The molecular formula is C11H14N4O2. The number of rotatable bonds is 2. The van der Waals surface area contributed by atoms with Gasteiger partial charge in [0, 0.05) is 13.1 Å². The minimum atomic E-state index is -0.543. The molecule has 0 atom stereocenters. The molecule has 90 valence electrons. The molecular weight excluding hydrogens is 220 g/mol. The molecule has 0 unspecified atom stereocenters. The van der Waals surface area contributed by atoms with Crippen molar-refractivity contribution in [1.29, 1.82) is 0 Å². The van der Waals surface area contributed by atoms with E-state index in [1.54, 1.807) is 23.1 Å². The molecule has 1 saturated heterocycles. The lowest BCUT2D eigenvalue weighted by Gasteiger charge is -2.30. The number of amides is 2. The van der Waals surface area contributed by atoms with Crippen molar-refractivity contribution in [2.75, 3.05) is 30.3 Å². The highest BCUT2D eigenvalue weighted by Gasteiger charge is 2.22. The third kappa shape index (κ3) is 2.15. The fraction of sp³-hybridized carbons (Fsp3) is 0.273. The summed E-state index contributed by atoms with van der Waals surface area (Å²) in [6.45, 7) is 1.33. The van der Waals surface area contributed by atoms with Gasteiger partial charge in [0.25, 0.3) is 5.91 Å². The lowest BCUT2D eigenvalue weighted by atomic mass is 10.1. The van der Waals surface area contributed by atoms with Crippen molar-refractivity contribution < 1.29 is 9.59 Å². The number of primary amides is 1. The van der Waals surface area contributed by atoms with E-state index >= 15 is 0 Å². The first-order chi connectivity index (χ1) is 8.09. The number of anilines is 2. The van der Waals surface area contributed by atoms with Crippen LogP contribution >= 0.6 is 0 Å². The van der Waals surface area contributed by atoms with E-state index in [0.29, 0.717) is 30.0 Å². The molecule has 6 heteroatoms. The van der Waals surface area contributed by atoms with Gasteiger partial charge in [-0.25, -0.2) is 0 Å². The lowest BCUT2D eigenvalue weighted by molar-refractivity contribution is -0.120. The third-order valence-electron chi connectivity index (χ3n) is 2.69. The normalized spacial score (nSPS) is 15.5. The molecule has 0 bridgehead atoms. The van der Waals surface area contributed by atoms with Gasteiger partial charge in [0.15, 0.2) is 0 Å². The molecule has 1 aliphatic rings. The highest BCUT2D eigenvalue weighted by Crippen LogP contribution is 2.27. The standard InChI is InChI=1S/C11H14N4O2/c12-8-3-1-2-7(11(13)17)10(8)15-5-4-14-9(16)6-15/h1-3H,4-6,12H2,(H2,13,17)(H,14,16). The second-order valence-electron chi connectivity index (χ2n) is 3.88. The van der Waals surface area contributed by atoms with Crippen molar-refractivity contribution in [3.8, 4) is 0 Å². The molecule has 0 aliphatic carbocycles. The molecule has 1 heterocycles. The van der Waals surface area contributed by atoms with E-state index in [9.17, 15) is 9.59 Å². The maximum atomic E-state index is 11.3. The van der Waals surface area contributed by atoms with Gasteiger partial charge in [-0.05, 0) is 12.1 Å². The molecule has 0 spiro atoms. The summed E-state index contributed by atoms with van der Waals surface area (Å²) in [7, 11) is 0. The van der Waals surface area contributed by atoms with E-state index in [0.717, 1.165) is 0 Å². The van der Waals surface area contributed by atoms with Gasteiger partial charge in [-0.1, -0.05) is 6.07 Å². The van der Waals surface area contributed by atoms with Crippen LogP contribution in [0.4, 0.5) is 11.4 Å². The van der Waals surface area contributed by atoms with Crippen LogP contribution in [0.5, 0.6) is 0 Å². The molecule has 2 amide bonds. The summed E-state index contributed by atoms with van der Waals surface area (Å²) in [5, 5.41) is 2.71. The summed E-state index contributed by atoms with van der Waals surface area (Å²) in [5.74, 6) is -0.631. The van der Waals surface area contributed by atoms with Crippen molar-refractivity contribution in [3.05, 3.63) is 23.8 Å². The topological polar surface area (TPSA) is 101 Å². The van der Waals surface area contributed by atoms with Crippen molar-refractivity contribution in [2.24, 2.45) is 5.73 Å². The van der Waals surface area contributed by atoms with Gasteiger partial charge in [0.05, 0.1) is 23.5 Å². The average molecular weight is 234 g/mol. The maximum absolute atomic E-state index is 11.3. The summed E-state index contributed by atoms with van der Waals surface area (Å²) >= 11 is 0. The fourth-order valence-corrected chi connectivity index (χ4v) is 1.94. The van der Waals surface area contributed by atoms with Gasteiger partial charge in [0.1, 0.15) is 0 Å². The molecule has 17 heavy (non-hydrogen) atoms. The zero-order valence-corrected chi connectivity index (χ0v) is 9.27. The summed E-state index contributed by atoms with van der Waals surface area (Å²) < 4.78 is 0. The molecule has 1 aromatic carbocycles. The van der Waals surface area contributed by atoms with Crippen LogP contribution in [-0.4, -0.2) is 31.4 Å². The van der Waals surface area contributed by atoms with Crippen LogP contribution in [-0.2, 0) is 4.79 Å². The van der Waals surface area contributed by atoms with Crippen LogP contribution in [0.2, 0.25) is 0 Å². The monoisotopic (exact) mass is 234 g/mol. The number of piperazine rings is 1. The number of nitrogens with zero attached hydrogens (tertiary/aromatic N) is 1. The van der Waals surface area contributed by atoms with Crippen LogP contribution in [0, 0.1) is 0 Å². The van der Waals surface area contributed by atoms with Crippen LogP contribution in [0.25, 0.3) is 0 Å². The number of carbonyl (C=O) groups excluding carboxylic acids is 2. The Morgan fingerprint density at radius 1 is 1.41 bits per heavy atom. The van der Waals surface area contributed by atoms with E-state index in [2.05, 4.69) is 5.32 Å². The van der Waals surface area contributed by atoms with Gasteiger partial charge >= 0.3 is 0 Å². The Labute approximate surface area is 98.6 Å². The minimum absolute atomic E-state index is 0.0880. The number of nitrogens with one attached hydrogen (secondary N) is 1. The highest BCUT2D eigenvalue weighted by molar-refractivity contribution is 6.02. The summed E-state index contributed by atoms with van der Waals surface area (Å²) in [6, 6.07) is 4.97. The second kappa shape index (κ2) is 4.32. The molecule has 0 radical (unpaired) electrons. The van der Waals surface area contributed by atoms with E-state index in [4.69, 9.17) is 11.5 Å². The Hall–Kier alpha value is -2.24. The second-order valence-corrected chi connectivity index (χ2v) is 3.88. The molecule has 6 nitrogen and oxygen atoms in total. The smallest absolute Gasteiger partial charge is 0.250 e. The van der Waals surface area contributed by atoms with E-state index < -0.39 is 5.91 Å². The van der Waals surface area contributed by atoms with E-state index in [1.807, 2.05) is 0 Å². The fourth-order valence-electron chi connectivity index (χ4n) is 1.94. The summed E-state index contributed by atoms with van der Waals surface area (Å²) in [6.07, 6.45) is 0. The number of benzene rings is 1. The van der Waals surface area contributed by atoms with Crippen molar-refractivity contribution >= 4 is 23.2 Å². The van der Waals surface area contributed by atoms with Crippen molar-refractivity contribution in [3.63, 3.8) is 0 Å². The summed E-state index contributed by atoms with van der Waals surface area (Å²) in [4.78, 5) is 24.4. The lowest BCUT2D eigenvalue weighted by Crippen LogP contribution is -2.48. The number of nitrogens with two attached hydrogens (primary N) is 2. The minimum Gasteiger partial charge on any atom is -0.397 e. The van der Waals surface area contributed by atoms with Crippen molar-refractivity contribution in [2.45, 2.75) is 0 Å². The zero-order valence-electron chi connectivity index (χ0n) is 9.27. The Morgan fingerprint density at radius 3 is 2.82 bits per heavy atom. The van der Waals surface area contributed by atoms with Crippen LogP contribution in [0.15, 0.2) is 18.2 Å². The average Bonchev–Trinajstić information content (AvgIpc) is 2.28. The molecule has 0 aromatic heterocycles. The molecule has 1 aromatic rings. The highest BCUT2D eigenvalue weighted by atomic mass is 16.2. The van der Waals surface area contributed by atoms with Crippen molar-refractivity contribution in [1.82, 2.24) is 5.32 Å². The molecule has 5 N–H and O–H groups in total.